The number of hydrogen-bond donors (Lipinski definition) is 0. The van der Waals surface area contributed by atoms with Crippen LogP contribution in [0, 0.1) is 0 Å². The Morgan fingerprint density at radius 2 is 1.93 bits per heavy atom. The van der Waals surface area contributed by atoms with Crippen molar-refractivity contribution < 1.29 is 30.9 Å². The van der Waals surface area contributed by atoms with E-state index in [1.165, 1.54) is 6.92 Å². The number of alkyl halides is 2. The summed E-state index contributed by atoms with van der Waals surface area (Å²) in [4.78, 5) is 9.59. The molecule has 0 N–H and O–H groups in total. The molecule has 0 aromatic carbocycles. The first-order chi connectivity index (χ1) is 6.33. The number of ether oxygens (including phenoxy) is 1. The van der Waals surface area contributed by atoms with Crippen LogP contribution < -0.4 is 0 Å². The predicted octanol–water partition coefficient (Wildman–Crippen LogP) is 0.161. The lowest BCUT2D eigenvalue weighted by molar-refractivity contribution is -0.143. The van der Waals surface area contributed by atoms with Gasteiger partial charge in [-0.1, -0.05) is 0 Å². The predicted molar refractivity (Wildman–Crippen MR) is 42.4 cm³/mol. The maximum Gasteiger partial charge on any atom is 0.305 e. The van der Waals surface area contributed by atoms with Gasteiger partial charge in [-0.05, 0) is 6.92 Å². The molecule has 0 aromatic rings. The molecule has 5 nitrogen and oxygen atoms in total. The Morgan fingerprint density at radius 3 is 2.36 bits per heavy atom. The van der Waals surface area contributed by atoms with Gasteiger partial charge in [-0.25, -0.2) is 8.78 Å². The molecule has 0 saturated carbocycles. The summed E-state index contributed by atoms with van der Waals surface area (Å²) in [6.07, 6.45) is 0. The van der Waals surface area contributed by atoms with Gasteiger partial charge < -0.3 is 4.74 Å². The second kappa shape index (κ2) is 5.20. The van der Waals surface area contributed by atoms with Gasteiger partial charge in [-0.2, -0.15) is 8.42 Å². The first-order valence-electron chi connectivity index (χ1n) is 3.63. The van der Waals surface area contributed by atoms with Gasteiger partial charge in [0.05, 0.1) is 5.75 Å². The number of rotatable bonds is 7. The van der Waals surface area contributed by atoms with E-state index in [-0.39, 0.29) is 6.47 Å². The van der Waals surface area contributed by atoms with Crippen LogP contribution >= 0.6 is 0 Å². The summed E-state index contributed by atoms with van der Waals surface area (Å²) in [7, 11) is -3.90. The molecule has 84 valence electrons. The molecule has 0 fully saturated rings. The van der Waals surface area contributed by atoms with Crippen LogP contribution in [0.1, 0.15) is 6.92 Å². The molecule has 0 amide bonds. The zero-order valence-corrected chi connectivity index (χ0v) is 8.22. The van der Waals surface area contributed by atoms with Crippen molar-refractivity contribution in [2.45, 2.75) is 12.8 Å². The number of halogens is 2. The van der Waals surface area contributed by atoms with Gasteiger partial charge in [0.2, 0.25) is 0 Å². The fourth-order valence-electron chi connectivity index (χ4n) is 0.457. The quantitative estimate of drug-likeness (QED) is 0.462. The molecule has 0 rings (SSSR count). The monoisotopic (exact) mass is 232 g/mol. The molecule has 0 atom stereocenters. The molecule has 0 aromatic heterocycles. The van der Waals surface area contributed by atoms with Crippen LogP contribution in [0.2, 0.25) is 0 Å². The molecule has 0 radical (unpaired) electrons. The fourth-order valence-corrected chi connectivity index (χ4v) is 0.976. The Balaban J connectivity index is 4.04. The van der Waals surface area contributed by atoms with E-state index in [0.717, 1.165) is 0 Å². The van der Waals surface area contributed by atoms with Crippen LogP contribution in [0.15, 0.2) is 0 Å². The highest BCUT2D eigenvalue weighted by Crippen LogP contribution is 2.15. The van der Waals surface area contributed by atoms with E-state index in [4.69, 9.17) is 0 Å². The van der Waals surface area contributed by atoms with Crippen molar-refractivity contribution in [2.24, 2.45) is 0 Å². The second-order valence-corrected chi connectivity index (χ2v) is 4.30. The summed E-state index contributed by atoms with van der Waals surface area (Å²) in [6, 6.07) is 0. The second-order valence-electron chi connectivity index (χ2n) is 2.37. The molecule has 0 aliphatic rings. The standard InChI is InChI=1S/C6H10F2O5S/c1-2-14(10,11)13-4-6(7,8)3-12-5-9/h5H,2-4H2,1H3. The Morgan fingerprint density at radius 1 is 1.36 bits per heavy atom. The van der Waals surface area contributed by atoms with Gasteiger partial charge in [-0.3, -0.25) is 8.98 Å². The first kappa shape index (κ1) is 13.2. The van der Waals surface area contributed by atoms with Crippen molar-refractivity contribution in [2.75, 3.05) is 19.0 Å². The lowest BCUT2D eigenvalue weighted by Crippen LogP contribution is -2.31. The number of carbonyl (C=O) groups is 1. The summed E-state index contributed by atoms with van der Waals surface area (Å²) < 4.78 is 54.3. The van der Waals surface area contributed by atoms with E-state index >= 15 is 0 Å². The third kappa shape index (κ3) is 5.81. The lowest BCUT2D eigenvalue weighted by Gasteiger charge is -2.14. The minimum absolute atomic E-state index is 0.151. The summed E-state index contributed by atoms with van der Waals surface area (Å²) in [5, 5.41) is 0. The number of carbonyl (C=O) groups excluding carboxylic acids is 1. The smallest absolute Gasteiger partial charge is 0.305 e. The van der Waals surface area contributed by atoms with Gasteiger partial charge in [-0.15, -0.1) is 0 Å². The van der Waals surface area contributed by atoms with Crippen molar-refractivity contribution >= 4 is 16.6 Å². The SMILES string of the molecule is CCS(=O)(=O)OCC(F)(F)COC=O. The highest BCUT2D eigenvalue weighted by atomic mass is 32.2. The molecule has 0 spiro atoms. The maximum absolute atomic E-state index is 12.6. The van der Waals surface area contributed by atoms with Crippen molar-refractivity contribution in [3.8, 4) is 0 Å². The van der Waals surface area contributed by atoms with E-state index in [9.17, 15) is 22.0 Å². The van der Waals surface area contributed by atoms with Crippen LogP contribution in [-0.2, 0) is 23.8 Å². The van der Waals surface area contributed by atoms with Crippen molar-refractivity contribution in [3.05, 3.63) is 0 Å². The summed E-state index contributed by atoms with van der Waals surface area (Å²) >= 11 is 0. The molecule has 0 heterocycles. The Hall–Kier alpha value is -0.760. The van der Waals surface area contributed by atoms with Gasteiger partial charge in [0, 0.05) is 0 Å². The first-order valence-corrected chi connectivity index (χ1v) is 5.21. The van der Waals surface area contributed by atoms with Crippen LogP contribution in [-0.4, -0.2) is 39.8 Å². The van der Waals surface area contributed by atoms with Crippen LogP contribution in [0.4, 0.5) is 8.78 Å². The Kier molecular flexibility index (Phi) is 4.92. The zero-order chi connectivity index (χ0) is 11.2. The van der Waals surface area contributed by atoms with Crippen molar-refractivity contribution in [1.29, 1.82) is 0 Å². The third-order valence-electron chi connectivity index (χ3n) is 1.17. The van der Waals surface area contributed by atoms with E-state index in [1.54, 1.807) is 0 Å². The average molecular weight is 232 g/mol. The third-order valence-corrected chi connectivity index (χ3v) is 2.35. The van der Waals surface area contributed by atoms with E-state index in [0.29, 0.717) is 0 Å². The molecule has 14 heavy (non-hydrogen) atoms. The molecule has 0 aliphatic carbocycles. The fraction of sp³-hybridized carbons (Fsp3) is 0.833. The van der Waals surface area contributed by atoms with Crippen LogP contribution in [0.5, 0.6) is 0 Å². The minimum atomic E-state index is -3.90. The summed E-state index contributed by atoms with van der Waals surface area (Å²) in [5.41, 5.74) is 0. The average Bonchev–Trinajstić information content (AvgIpc) is 2.12. The van der Waals surface area contributed by atoms with E-state index < -0.39 is 35.0 Å². The van der Waals surface area contributed by atoms with Gasteiger partial charge in [0.25, 0.3) is 16.6 Å². The Bertz CT molecular complexity index is 274. The normalized spacial score (nSPS) is 12.5. The zero-order valence-electron chi connectivity index (χ0n) is 7.40. The molecule has 8 heteroatoms. The highest BCUT2D eigenvalue weighted by Gasteiger charge is 2.32. The topological polar surface area (TPSA) is 69.7 Å². The van der Waals surface area contributed by atoms with Crippen molar-refractivity contribution in [3.63, 3.8) is 0 Å². The van der Waals surface area contributed by atoms with Gasteiger partial charge >= 0.3 is 5.92 Å². The van der Waals surface area contributed by atoms with E-state index in [2.05, 4.69) is 8.92 Å². The van der Waals surface area contributed by atoms with E-state index in [1.807, 2.05) is 0 Å². The summed E-state index contributed by atoms with van der Waals surface area (Å²) in [5.74, 6) is -3.89. The largest absolute Gasteiger partial charge is 0.461 e. The number of hydrogen-bond acceptors (Lipinski definition) is 5. The molecular formula is C6H10F2O5S. The molecular weight excluding hydrogens is 222 g/mol. The lowest BCUT2D eigenvalue weighted by atomic mass is 10.4. The molecule has 0 saturated heterocycles. The minimum Gasteiger partial charge on any atom is -0.461 e. The summed E-state index contributed by atoms with van der Waals surface area (Å²) in [6.45, 7) is -1.41. The van der Waals surface area contributed by atoms with Gasteiger partial charge in [0.1, 0.15) is 6.61 Å². The van der Waals surface area contributed by atoms with Crippen LogP contribution in [0.25, 0.3) is 0 Å². The van der Waals surface area contributed by atoms with Gasteiger partial charge in [0.15, 0.2) is 6.61 Å². The maximum atomic E-state index is 12.6. The molecule has 0 unspecified atom stereocenters. The highest BCUT2D eigenvalue weighted by molar-refractivity contribution is 7.86. The Labute approximate surface area is 80.1 Å². The van der Waals surface area contributed by atoms with Crippen molar-refractivity contribution in [1.82, 2.24) is 0 Å². The molecule has 0 aliphatic heterocycles. The van der Waals surface area contributed by atoms with Crippen LogP contribution in [0.3, 0.4) is 0 Å². The molecule has 0 bridgehead atoms.